The third-order valence-electron chi connectivity index (χ3n) is 3.88. The Kier molecular flexibility index (Phi) is 4.41. The zero-order chi connectivity index (χ0) is 14.5. The van der Waals surface area contributed by atoms with Crippen LogP contribution in [0.2, 0.25) is 0 Å². The van der Waals surface area contributed by atoms with Crippen LogP contribution < -0.4 is 15.2 Å². The summed E-state index contributed by atoms with van der Waals surface area (Å²) < 4.78 is 11.4. The van der Waals surface area contributed by atoms with Gasteiger partial charge in [-0.3, -0.25) is 0 Å². The minimum absolute atomic E-state index is 0.0290. The van der Waals surface area contributed by atoms with Gasteiger partial charge in [0.15, 0.2) is 0 Å². The number of fused-ring (bicyclic) bond motifs is 1. The average Bonchev–Trinajstić information content (AvgIpc) is 2.54. The van der Waals surface area contributed by atoms with Crippen molar-refractivity contribution in [2.45, 2.75) is 24.8 Å². The van der Waals surface area contributed by atoms with Crippen molar-refractivity contribution in [3.05, 3.63) is 60.2 Å². The lowest BCUT2D eigenvalue weighted by Crippen LogP contribution is -2.31. The van der Waals surface area contributed by atoms with Crippen molar-refractivity contribution in [3.8, 4) is 11.5 Å². The Morgan fingerprint density at radius 3 is 2.71 bits per heavy atom. The SMILES string of the molecule is NC(COc1ccccc1)CC1CCOc2ccccc21. The molecule has 3 nitrogen and oxygen atoms in total. The zero-order valence-corrected chi connectivity index (χ0v) is 12.1. The van der Waals surface area contributed by atoms with Crippen LogP contribution in [0.3, 0.4) is 0 Å². The summed E-state index contributed by atoms with van der Waals surface area (Å²) in [5.41, 5.74) is 7.52. The van der Waals surface area contributed by atoms with Gasteiger partial charge in [0.1, 0.15) is 18.1 Å². The Balaban J connectivity index is 1.57. The Labute approximate surface area is 125 Å². The van der Waals surface area contributed by atoms with E-state index in [9.17, 15) is 0 Å². The number of hydrogen-bond acceptors (Lipinski definition) is 3. The Hall–Kier alpha value is -2.00. The molecule has 0 aliphatic carbocycles. The highest BCUT2D eigenvalue weighted by Gasteiger charge is 2.23. The van der Waals surface area contributed by atoms with Crippen LogP contribution in [-0.4, -0.2) is 19.3 Å². The number of rotatable bonds is 5. The van der Waals surface area contributed by atoms with Gasteiger partial charge >= 0.3 is 0 Å². The van der Waals surface area contributed by atoms with Crippen LogP contribution in [0.5, 0.6) is 11.5 Å². The quantitative estimate of drug-likeness (QED) is 0.915. The Bertz CT molecular complexity index is 570. The Morgan fingerprint density at radius 1 is 1.10 bits per heavy atom. The summed E-state index contributed by atoms with van der Waals surface area (Å²) in [6.45, 7) is 1.32. The molecule has 2 aromatic carbocycles. The van der Waals surface area contributed by atoms with Crippen LogP contribution in [0.4, 0.5) is 0 Å². The van der Waals surface area contributed by atoms with E-state index in [1.54, 1.807) is 0 Å². The second-order valence-corrected chi connectivity index (χ2v) is 5.49. The lowest BCUT2D eigenvalue weighted by Gasteiger charge is -2.27. The largest absolute Gasteiger partial charge is 0.493 e. The molecule has 0 bridgehead atoms. The third kappa shape index (κ3) is 3.56. The molecule has 0 radical (unpaired) electrons. The van der Waals surface area contributed by atoms with Gasteiger partial charge in [-0.05, 0) is 42.5 Å². The first-order valence-electron chi connectivity index (χ1n) is 7.48. The molecule has 0 fully saturated rings. The van der Waals surface area contributed by atoms with Crippen LogP contribution >= 0.6 is 0 Å². The molecule has 0 saturated heterocycles. The molecule has 0 amide bonds. The molecule has 3 heteroatoms. The maximum absolute atomic E-state index is 6.24. The van der Waals surface area contributed by atoms with E-state index in [4.69, 9.17) is 15.2 Å². The van der Waals surface area contributed by atoms with Crippen molar-refractivity contribution in [1.82, 2.24) is 0 Å². The van der Waals surface area contributed by atoms with Crippen molar-refractivity contribution in [1.29, 1.82) is 0 Å². The second kappa shape index (κ2) is 6.64. The molecule has 2 aromatic rings. The number of benzene rings is 2. The molecule has 0 saturated carbocycles. The van der Waals surface area contributed by atoms with E-state index in [-0.39, 0.29) is 6.04 Å². The van der Waals surface area contributed by atoms with Crippen molar-refractivity contribution in [3.63, 3.8) is 0 Å². The van der Waals surface area contributed by atoms with E-state index < -0.39 is 0 Å². The van der Waals surface area contributed by atoms with Gasteiger partial charge in [-0.2, -0.15) is 0 Å². The first kappa shape index (κ1) is 14.0. The van der Waals surface area contributed by atoms with Crippen molar-refractivity contribution in [2.24, 2.45) is 5.73 Å². The molecule has 2 atom stereocenters. The summed E-state index contributed by atoms with van der Waals surface area (Å²) in [4.78, 5) is 0. The fourth-order valence-corrected chi connectivity index (χ4v) is 2.81. The first-order valence-corrected chi connectivity index (χ1v) is 7.48. The van der Waals surface area contributed by atoms with Gasteiger partial charge in [0.2, 0.25) is 0 Å². The highest BCUT2D eigenvalue weighted by molar-refractivity contribution is 5.37. The molecule has 110 valence electrons. The van der Waals surface area contributed by atoms with Gasteiger partial charge in [-0.1, -0.05) is 36.4 Å². The molecule has 2 N–H and O–H groups in total. The lowest BCUT2D eigenvalue weighted by atomic mass is 9.88. The minimum atomic E-state index is 0.0290. The minimum Gasteiger partial charge on any atom is -0.493 e. The van der Waals surface area contributed by atoms with E-state index >= 15 is 0 Å². The van der Waals surface area contributed by atoms with E-state index in [1.807, 2.05) is 42.5 Å². The highest BCUT2D eigenvalue weighted by atomic mass is 16.5. The average molecular weight is 283 g/mol. The van der Waals surface area contributed by atoms with E-state index in [0.29, 0.717) is 12.5 Å². The molecule has 1 aliphatic rings. The molecule has 1 aliphatic heterocycles. The van der Waals surface area contributed by atoms with Crippen LogP contribution in [0.1, 0.15) is 24.3 Å². The predicted molar refractivity (Wildman–Crippen MR) is 83.8 cm³/mol. The molecule has 21 heavy (non-hydrogen) atoms. The topological polar surface area (TPSA) is 44.5 Å². The maximum Gasteiger partial charge on any atom is 0.122 e. The van der Waals surface area contributed by atoms with Crippen molar-refractivity contribution in [2.75, 3.05) is 13.2 Å². The van der Waals surface area contributed by atoms with Gasteiger partial charge in [-0.25, -0.2) is 0 Å². The number of ether oxygens (including phenoxy) is 2. The number of nitrogens with two attached hydrogens (primary N) is 1. The summed E-state index contributed by atoms with van der Waals surface area (Å²) in [6, 6.07) is 18.1. The lowest BCUT2D eigenvalue weighted by molar-refractivity contribution is 0.238. The predicted octanol–water partition coefficient (Wildman–Crippen LogP) is 3.35. The summed E-state index contributed by atoms with van der Waals surface area (Å²) in [5.74, 6) is 2.34. The van der Waals surface area contributed by atoms with Gasteiger partial charge in [0.25, 0.3) is 0 Å². The van der Waals surface area contributed by atoms with Gasteiger partial charge < -0.3 is 15.2 Å². The monoisotopic (exact) mass is 283 g/mol. The molecule has 0 aromatic heterocycles. The number of hydrogen-bond donors (Lipinski definition) is 1. The molecule has 2 unspecified atom stereocenters. The molecular weight excluding hydrogens is 262 g/mol. The smallest absolute Gasteiger partial charge is 0.122 e. The van der Waals surface area contributed by atoms with Crippen LogP contribution in [0, 0.1) is 0 Å². The van der Waals surface area contributed by atoms with Crippen molar-refractivity contribution >= 4 is 0 Å². The summed E-state index contributed by atoms with van der Waals surface area (Å²) in [7, 11) is 0. The highest BCUT2D eigenvalue weighted by Crippen LogP contribution is 2.35. The standard InChI is InChI=1S/C18H21NO2/c19-15(13-21-16-6-2-1-3-7-16)12-14-10-11-20-18-9-5-4-8-17(14)18/h1-9,14-15H,10-13,19H2. The van der Waals surface area contributed by atoms with Gasteiger partial charge in [0, 0.05) is 6.04 Å². The molecule has 1 heterocycles. The van der Waals surface area contributed by atoms with Crippen LogP contribution in [0.25, 0.3) is 0 Å². The van der Waals surface area contributed by atoms with Crippen molar-refractivity contribution < 1.29 is 9.47 Å². The van der Waals surface area contributed by atoms with Gasteiger partial charge in [-0.15, -0.1) is 0 Å². The zero-order valence-electron chi connectivity index (χ0n) is 12.1. The van der Waals surface area contributed by atoms with E-state index in [2.05, 4.69) is 12.1 Å². The molecule has 3 rings (SSSR count). The summed E-state index contributed by atoms with van der Waals surface area (Å²) >= 11 is 0. The summed E-state index contributed by atoms with van der Waals surface area (Å²) in [6.07, 6.45) is 1.95. The molecular formula is C18H21NO2. The van der Waals surface area contributed by atoms with E-state index in [1.165, 1.54) is 5.56 Å². The fraction of sp³-hybridized carbons (Fsp3) is 0.333. The van der Waals surface area contributed by atoms with Crippen LogP contribution in [-0.2, 0) is 0 Å². The Morgan fingerprint density at radius 2 is 1.86 bits per heavy atom. The van der Waals surface area contributed by atoms with E-state index in [0.717, 1.165) is 30.9 Å². The number of para-hydroxylation sites is 2. The third-order valence-corrected chi connectivity index (χ3v) is 3.88. The molecule has 0 spiro atoms. The van der Waals surface area contributed by atoms with Crippen LogP contribution in [0.15, 0.2) is 54.6 Å². The maximum atomic E-state index is 6.24. The second-order valence-electron chi connectivity index (χ2n) is 5.49. The normalized spacial score (nSPS) is 18.4. The first-order chi connectivity index (χ1) is 10.3. The van der Waals surface area contributed by atoms with Gasteiger partial charge in [0.05, 0.1) is 6.61 Å². The summed E-state index contributed by atoms with van der Waals surface area (Å²) in [5, 5.41) is 0. The fourth-order valence-electron chi connectivity index (χ4n) is 2.81.